The van der Waals surface area contributed by atoms with Crippen LogP contribution in [0.15, 0.2) is 42.5 Å². The zero-order valence-electron chi connectivity index (χ0n) is 11.7. The predicted octanol–water partition coefficient (Wildman–Crippen LogP) is 2.22. The molecular formula is C16H17NO4. The second-order valence-electron chi connectivity index (χ2n) is 4.59. The minimum Gasteiger partial charge on any atom is -0.507 e. The van der Waals surface area contributed by atoms with Gasteiger partial charge in [0.15, 0.2) is 0 Å². The summed E-state index contributed by atoms with van der Waals surface area (Å²) in [5.74, 6) is -0.327. The molecule has 0 saturated carbocycles. The number of carbonyl (C=O) groups excluding carboxylic acids is 1. The van der Waals surface area contributed by atoms with Crippen molar-refractivity contribution in [2.24, 2.45) is 0 Å². The molecule has 0 bridgehead atoms. The van der Waals surface area contributed by atoms with Crippen molar-refractivity contribution < 1.29 is 19.7 Å². The molecule has 21 heavy (non-hydrogen) atoms. The molecule has 5 heteroatoms. The summed E-state index contributed by atoms with van der Waals surface area (Å²) in [6, 6.07) is 11.7. The molecule has 0 aliphatic rings. The average Bonchev–Trinajstić information content (AvgIpc) is 2.43. The number of ether oxygens (including phenoxy) is 1. The zero-order valence-corrected chi connectivity index (χ0v) is 11.7. The highest BCUT2D eigenvalue weighted by Crippen LogP contribution is 2.25. The maximum Gasteiger partial charge on any atom is 0.258 e. The maximum atomic E-state index is 11.9. The monoisotopic (exact) mass is 287 g/mol. The molecule has 5 nitrogen and oxygen atoms in total. The molecule has 2 aromatic rings. The first-order chi connectivity index (χ1) is 10.1. The minimum absolute atomic E-state index is 0.131. The van der Waals surface area contributed by atoms with Crippen molar-refractivity contribution in [1.29, 1.82) is 0 Å². The summed E-state index contributed by atoms with van der Waals surface area (Å²) in [5, 5.41) is 21.7. The molecule has 0 unspecified atom stereocenters. The summed E-state index contributed by atoms with van der Waals surface area (Å²) in [7, 11) is 0. The highest BCUT2D eigenvalue weighted by molar-refractivity contribution is 5.99. The first kappa shape index (κ1) is 14.7. The number of carbonyl (C=O) groups is 1. The van der Waals surface area contributed by atoms with Crippen LogP contribution in [0.25, 0.3) is 0 Å². The van der Waals surface area contributed by atoms with Gasteiger partial charge in [-0.05, 0) is 36.8 Å². The predicted molar refractivity (Wildman–Crippen MR) is 78.8 cm³/mol. The molecule has 0 aliphatic heterocycles. The van der Waals surface area contributed by atoms with Crippen LogP contribution in [-0.4, -0.2) is 29.3 Å². The lowest BCUT2D eigenvalue weighted by atomic mass is 10.1. The van der Waals surface area contributed by atoms with Crippen molar-refractivity contribution in [2.75, 3.05) is 13.2 Å². The Morgan fingerprint density at radius 1 is 1.14 bits per heavy atom. The van der Waals surface area contributed by atoms with Gasteiger partial charge in [0, 0.05) is 0 Å². The molecule has 1 amide bonds. The number of amides is 1. The summed E-state index contributed by atoms with van der Waals surface area (Å²) in [4.78, 5) is 11.9. The summed E-state index contributed by atoms with van der Waals surface area (Å²) < 4.78 is 5.49. The highest BCUT2D eigenvalue weighted by Gasteiger charge is 2.15. The van der Waals surface area contributed by atoms with Crippen LogP contribution < -0.4 is 10.1 Å². The lowest BCUT2D eigenvalue weighted by Crippen LogP contribution is -2.28. The van der Waals surface area contributed by atoms with E-state index in [2.05, 4.69) is 5.32 Å². The van der Waals surface area contributed by atoms with E-state index in [0.29, 0.717) is 6.61 Å². The molecule has 3 N–H and O–H groups in total. The Kier molecular flexibility index (Phi) is 4.66. The lowest BCUT2D eigenvalue weighted by molar-refractivity contribution is 0.0941. The SMILES string of the molecule is Cc1cccc(OCCNC(=O)c2c(O)cccc2O)c1. The van der Waals surface area contributed by atoms with Crippen LogP contribution in [0.4, 0.5) is 0 Å². The van der Waals surface area contributed by atoms with Gasteiger partial charge in [0.05, 0.1) is 6.54 Å². The minimum atomic E-state index is -0.543. The van der Waals surface area contributed by atoms with Gasteiger partial charge in [0.25, 0.3) is 5.91 Å². The molecule has 0 aliphatic carbocycles. The number of rotatable bonds is 5. The standard InChI is InChI=1S/C16H17NO4/c1-11-4-2-5-12(10-11)21-9-8-17-16(20)15-13(18)6-3-7-14(15)19/h2-7,10,18-19H,8-9H2,1H3,(H,17,20). The summed E-state index contributed by atoms with van der Waals surface area (Å²) in [6.45, 7) is 2.53. The van der Waals surface area contributed by atoms with Crippen LogP contribution in [0, 0.1) is 6.92 Å². The van der Waals surface area contributed by atoms with Crippen molar-refractivity contribution in [3.8, 4) is 17.2 Å². The number of benzene rings is 2. The molecule has 0 aromatic heterocycles. The van der Waals surface area contributed by atoms with Crippen molar-refractivity contribution in [2.45, 2.75) is 6.92 Å². The van der Waals surface area contributed by atoms with Crippen LogP contribution in [0.2, 0.25) is 0 Å². The Bertz CT molecular complexity index is 620. The van der Waals surface area contributed by atoms with Gasteiger partial charge < -0.3 is 20.3 Å². The Morgan fingerprint density at radius 2 is 1.81 bits per heavy atom. The molecule has 0 heterocycles. The molecule has 110 valence electrons. The number of aromatic hydroxyl groups is 2. The normalized spacial score (nSPS) is 10.1. The third kappa shape index (κ3) is 3.89. The van der Waals surface area contributed by atoms with E-state index >= 15 is 0 Å². The molecule has 0 saturated heterocycles. The van der Waals surface area contributed by atoms with Gasteiger partial charge in [0.1, 0.15) is 29.4 Å². The quantitative estimate of drug-likeness (QED) is 0.737. The summed E-state index contributed by atoms with van der Waals surface area (Å²) >= 11 is 0. The van der Waals surface area contributed by atoms with Gasteiger partial charge in [-0.3, -0.25) is 4.79 Å². The Balaban J connectivity index is 1.85. The highest BCUT2D eigenvalue weighted by atomic mass is 16.5. The molecule has 0 spiro atoms. The third-order valence-electron chi connectivity index (χ3n) is 2.89. The number of phenols is 2. The van der Waals surface area contributed by atoms with E-state index in [1.165, 1.54) is 18.2 Å². The number of nitrogens with one attached hydrogen (secondary N) is 1. The third-order valence-corrected chi connectivity index (χ3v) is 2.89. The summed E-state index contributed by atoms with van der Waals surface area (Å²) in [6.07, 6.45) is 0. The van der Waals surface area contributed by atoms with Crippen LogP contribution >= 0.6 is 0 Å². The molecular weight excluding hydrogens is 270 g/mol. The molecule has 2 rings (SSSR count). The largest absolute Gasteiger partial charge is 0.507 e. The van der Waals surface area contributed by atoms with E-state index < -0.39 is 5.91 Å². The van der Waals surface area contributed by atoms with Crippen molar-refractivity contribution in [3.05, 3.63) is 53.6 Å². The van der Waals surface area contributed by atoms with Gasteiger partial charge in [-0.25, -0.2) is 0 Å². The van der Waals surface area contributed by atoms with Gasteiger partial charge in [-0.2, -0.15) is 0 Å². The molecule has 2 aromatic carbocycles. The van der Waals surface area contributed by atoms with Crippen LogP contribution in [0.3, 0.4) is 0 Å². The van der Waals surface area contributed by atoms with Gasteiger partial charge in [0.2, 0.25) is 0 Å². The fraction of sp³-hybridized carbons (Fsp3) is 0.188. The van der Waals surface area contributed by atoms with Crippen molar-refractivity contribution in [1.82, 2.24) is 5.32 Å². The first-order valence-electron chi connectivity index (χ1n) is 6.56. The van der Waals surface area contributed by atoms with E-state index in [4.69, 9.17) is 4.74 Å². The second-order valence-corrected chi connectivity index (χ2v) is 4.59. The fourth-order valence-corrected chi connectivity index (χ4v) is 1.89. The topological polar surface area (TPSA) is 78.8 Å². The van der Waals surface area contributed by atoms with Crippen molar-refractivity contribution in [3.63, 3.8) is 0 Å². The van der Waals surface area contributed by atoms with E-state index in [1.54, 1.807) is 0 Å². The smallest absolute Gasteiger partial charge is 0.258 e. The second kappa shape index (κ2) is 6.65. The molecule has 0 atom stereocenters. The van der Waals surface area contributed by atoms with Gasteiger partial charge in [-0.15, -0.1) is 0 Å². The Morgan fingerprint density at radius 3 is 2.48 bits per heavy atom. The van der Waals surface area contributed by atoms with Gasteiger partial charge >= 0.3 is 0 Å². The zero-order chi connectivity index (χ0) is 15.2. The lowest BCUT2D eigenvalue weighted by Gasteiger charge is -2.10. The molecule has 0 radical (unpaired) electrons. The number of hydrogen-bond donors (Lipinski definition) is 3. The maximum absolute atomic E-state index is 11.9. The fourth-order valence-electron chi connectivity index (χ4n) is 1.89. The van der Waals surface area contributed by atoms with Crippen LogP contribution in [0.1, 0.15) is 15.9 Å². The van der Waals surface area contributed by atoms with Gasteiger partial charge in [-0.1, -0.05) is 18.2 Å². The first-order valence-corrected chi connectivity index (χ1v) is 6.56. The summed E-state index contributed by atoms with van der Waals surface area (Å²) in [5.41, 5.74) is 0.962. The number of aryl methyl sites for hydroxylation is 1. The van der Waals surface area contributed by atoms with Crippen molar-refractivity contribution >= 4 is 5.91 Å². The average molecular weight is 287 g/mol. The number of hydrogen-bond acceptors (Lipinski definition) is 4. The molecule has 0 fully saturated rings. The Hall–Kier alpha value is -2.69. The Labute approximate surface area is 122 Å². The van der Waals surface area contributed by atoms with E-state index in [9.17, 15) is 15.0 Å². The van der Waals surface area contributed by atoms with E-state index in [-0.39, 0.29) is 23.6 Å². The van der Waals surface area contributed by atoms with Crippen LogP contribution in [-0.2, 0) is 0 Å². The number of phenolic OH excluding ortho intramolecular Hbond substituents is 2. The van der Waals surface area contributed by atoms with E-state index in [1.807, 2.05) is 31.2 Å². The van der Waals surface area contributed by atoms with E-state index in [0.717, 1.165) is 11.3 Å². The van der Waals surface area contributed by atoms with Crippen LogP contribution in [0.5, 0.6) is 17.2 Å².